The maximum absolute atomic E-state index is 13.0. The predicted molar refractivity (Wildman–Crippen MR) is 72.9 cm³/mol. The number of carbonyl (C=O) groups excluding carboxylic acids is 1. The van der Waals surface area contributed by atoms with Crippen LogP contribution >= 0.6 is 15.9 Å². The van der Waals surface area contributed by atoms with Gasteiger partial charge in [-0.1, -0.05) is 15.9 Å². The van der Waals surface area contributed by atoms with E-state index in [1.54, 1.807) is 12.1 Å². The lowest BCUT2D eigenvalue weighted by Crippen LogP contribution is -2.12. The van der Waals surface area contributed by atoms with Crippen molar-refractivity contribution < 1.29 is 9.18 Å². The molecule has 0 bridgehead atoms. The average Bonchev–Trinajstić information content (AvgIpc) is 2.35. The lowest BCUT2D eigenvalue weighted by molar-refractivity contribution is 0.102. The quantitative estimate of drug-likeness (QED) is 0.835. The van der Waals surface area contributed by atoms with Crippen LogP contribution in [0.1, 0.15) is 10.4 Å². The van der Waals surface area contributed by atoms with Crippen molar-refractivity contribution in [2.45, 2.75) is 0 Å². The van der Waals surface area contributed by atoms with Gasteiger partial charge in [-0.25, -0.2) is 4.39 Å². The summed E-state index contributed by atoms with van der Waals surface area (Å²) in [4.78, 5) is 11.9. The lowest BCUT2D eigenvalue weighted by Gasteiger charge is -2.06. The second-order valence-electron chi connectivity index (χ2n) is 3.70. The number of halogens is 2. The first-order valence-corrected chi connectivity index (χ1v) is 5.97. The molecule has 0 aliphatic rings. The number of rotatable bonds is 2. The van der Waals surface area contributed by atoms with Gasteiger partial charge in [0.1, 0.15) is 5.82 Å². The van der Waals surface area contributed by atoms with E-state index in [0.29, 0.717) is 11.3 Å². The van der Waals surface area contributed by atoms with E-state index >= 15 is 0 Å². The molecular weight excluding hydrogens is 299 g/mol. The van der Waals surface area contributed by atoms with Gasteiger partial charge in [-0.05, 0) is 42.5 Å². The van der Waals surface area contributed by atoms with E-state index < -0.39 is 5.82 Å². The summed E-state index contributed by atoms with van der Waals surface area (Å²) in [5.41, 5.74) is 6.34. The molecular formula is C13H10BrFN2O. The molecule has 0 saturated heterocycles. The minimum absolute atomic E-state index is 0.0431. The first-order valence-electron chi connectivity index (χ1n) is 5.18. The Kier molecular flexibility index (Phi) is 3.62. The van der Waals surface area contributed by atoms with Crippen molar-refractivity contribution in [2.24, 2.45) is 0 Å². The van der Waals surface area contributed by atoms with Crippen LogP contribution in [0, 0.1) is 5.82 Å². The van der Waals surface area contributed by atoms with Gasteiger partial charge in [-0.15, -0.1) is 0 Å². The van der Waals surface area contributed by atoms with E-state index in [1.165, 1.54) is 18.2 Å². The molecule has 2 aromatic rings. The number of nitrogens with two attached hydrogens (primary N) is 1. The second-order valence-corrected chi connectivity index (χ2v) is 4.61. The fraction of sp³-hybridized carbons (Fsp3) is 0. The van der Waals surface area contributed by atoms with Crippen LogP contribution in [0.3, 0.4) is 0 Å². The highest BCUT2D eigenvalue weighted by atomic mass is 79.9. The monoisotopic (exact) mass is 308 g/mol. The Labute approximate surface area is 112 Å². The van der Waals surface area contributed by atoms with Crippen LogP contribution in [0.4, 0.5) is 15.8 Å². The van der Waals surface area contributed by atoms with Gasteiger partial charge in [0.2, 0.25) is 0 Å². The number of amides is 1. The molecule has 18 heavy (non-hydrogen) atoms. The van der Waals surface area contributed by atoms with Gasteiger partial charge in [-0.2, -0.15) is 0 Å². The van der Waals surface area contributed by atoms with Crippen LogP contribution in [0.15, 0.2) is 46.9 Å². The first kappa shape index (κ1) is 12.6. The van der Waals surface area contributed by atoms with Gasteiger partial charge < -0.3 is 11.1 Å². The minimum Gasteiger partial charge on any atom is -0.396 e. The predicted octanol–water partition coefficient (Wildman–Crippen LogP) is 3.42. The van der Waals surface area contributed by atoms with Crippen LogP contribution in [-0.4, -0.2) is 5.91 Å². The summed E-state index contributed by atoms with van der Waals surface area (Å²) in [5.74, 6) is -0.862. The molecule has 0 spiro atoms. The fourth-order valence-electron chi connectivity index (χ4n) is 1.42. The molecule has 3 N–H and O–H groups in total. The van der Waals surface area contributed by atoms with E-state index in [-0.39, 0.29) is 11.6 Å². The molecule has 2 rings (SSSR count). The van der Waals surface area contributed by atoms with E-state index in [0.717, 1.165) is 4.47 Å². The normalized spacial score (nSPS) is 10.1. The molecule has 1 amide bonds. The highest BCUT2D eigenvalue weighted by Gasteiger charge is 2.08. The third kappa shape index (κ3) is 2.87. The molecule has 0 aromatic heterocycles. The molecule has 0 saturated carbocycles. The largest absolute Gasteiger partial charge is 0.396 e. The number of nitrogen functional groups attached to an aromatic ring is 1. The van der Waals surface area contributed by atoms with Crippen LogP contribution < -0.4 is 11.1 Å². The average molecular weight is 309 g/mol. The van der Waals surface area contributed by atoms with Crippen LogP contribution in [-0.2, 0) is 0 Å². The van der Waals surface area contributed by atoms with Crippen molar-refractivity contribution in [3.05, 3.63) is 58.3 Å². The number of hydrogen-bond acceptors (Lipinski definition) is 2. The van der Waals surface area contributed by atoms with E-state index in [1.807, 2.05) is 12.1 Å². The lowest BCUT2D eigenvalue weighted by atomic mass is 10.2. The van der Waals surface area contributed by atoms with Gasteiger partial charge in [-0.3, -0.25) is 4.79 Å². The summed E-state index contributed by atoms with van der Waals surface area (Å²) in [6.45, 7) is 0. The number of nitrogens with one attached hydrogen (secondary N) is 1. The standard InChI is InChI=1S/C13H10BrFN2O/c14-9-2-4-10(5-3-9)17-13(18)8-1-6-11(15)12(16)7-8/h1-7H,16H2,(H,17,18). The summed E-state index contributed by atoms with van der Waals surface area (Å²) in [6, 6.07) is 11.0. The number of anilines is 2. The van der Waals surface area contributed by atoms with E-state index in [2.05, 4.69) is 21.2 Å². The van der Waals surface area contributed by atoms with Crippen molar-refractivity contribution >= 4 is 33.2 Å². The van der Waals surface area contributed by atoms with Crippen LogP contribution in [0.2, 0.25) is 0 Å². The molecule has 0 atom stereocenters. The fourth-order valence-corrected chi connectivity index (χ4v) is 1.69. The summed E-state index contributed by atoms with van der Waals surface area (Å²) >= 11 is 3.30. The molecule has 0 aliphatic heterocycles. The molecule has 0 aliphatic carbocycles. The first-order chi connectivity index (χ1) is 8.56. The number of benzene rings is 2. The molecule has 0 radical (unpaired) electrons. The maximum atomic E-state index is 13.0. The molecule has 3 nitrogen and oxygen atoms in total. The Hall–Kier alpha value is -1.88. The van der Waals surface area contributed by atoms with Crippen LogP contribution in [0.25, 0.3) is 0 Å². The Morgan fingerprint density at radius 1 is 1.17 bits per heavy atom. The summed E-state index contributed by atoms with van der Waals surface area (Å²) in [5, 5.41) is 2.69. The summed E-state index contributed by atoms with van der Waals surface area (Å²) in [7, 11) is 0. The zero-order valence-electron chi connectivity index (χ0n) is 9.28. The molecule has 5 heteroatoms. The maximum Gasteiger partial charge on any atom is 0.255 e. The van der Waals surface area contributed by atoms with Crippen molar-refractivity contribution in [3.8, 4) is 0 Å². The zero-order valence-corrected chi connectivity index (χ0v) is 10.9. The Bertz CT molecular complexity index is 584. The number of carbonyl (C=O) groups is 1. The highest BCUT2D eigenvalue weighted by molar-refractivity contribution is 9.10. The summed E-state index contributed by atoms with van der Waals surface area (Å²) < 4.78 is 13.9. The molecule has 92 valence electrons. The highest BCUT2D eigenvalue weighted by Crippen LogP contribution is 2.17. The Balaban J connectivity index is 2.16. The molecule has 2 aromatic carbocycles. The third-order valence-corrected chi connectivity index (χ3v) is 2.89. The van der Waals surface area contributed by atoms with E-state index in [4.69, 9.17) is 5.73 Å². The smallest absolute Gasteiger partial charge is 0.255 e. The Morgan fingerprint density at radius 3 is 2.44 bits per heavy atom. The van der Waals surface area contributed by atoms with Crippen molar-refractivity contribution in [1.82, 2.24) is 0 Å². The van der Waals surface area contributed by atoms with E-state index in [9.17, 15) is 9.18 Å². The second kappa shape index (κ2) is 5.18. The van der Waals surface area contributed by atoms with Gasteiger partial charge in [0.05, 0.1) is 5.69 Å². The topological polar surface area (TPSA) is 55.1 Å². The van der Waals surface area contributed by atoms with Gasteiger partial charge >= 0.3 is 0 Å². The van der Waals surface area contributed by atoms with Gasteiger partial charge in [0.15, 0.2) is 0 Å². The van der Waals surface area contributed by atoms with Crippen molar-refractivity contribution in [1.29, 1.82) is 0 Å². The van der Waals surface area contributed by atoms with Crippen molar-refractivity contribution in [2.75, 3.05) is 11.1 Å². The zero-order chi connectivity index (χ0) is 13.1. The van der Waals surface area contributed by atoms with Crippen LogP contribution in [0.5, 0.6) is 0 Å². The third-order valence-electron chi connectivity index (χ3n) is 2.36. The summed E-state index contributed by atoms with van der Waals surface area (Å²) in [6.07, 6.45) is 0. The molecule has 0 heterocycles. The SMILES string of the molecule is Nc1cc(C(=O)Nc2ccc(Br)cc2)ccc1F. The molecule has 0 fully saturated rings. The van der Waals surface area contributed by atoms with Gasteiger partial charge in [0, 0.05) is 15.7 Å². The molecule has 0 unspecified atom stereocenters. The minimum atomic E-state index is -0.532. The van der Waals surface area contributed by atoms with Crippen molar-refractivity contribution in [3.63, 3.8) is 0 Å². The Morgan fingerprint density at radius 2 is 1.83 bits per heavy atom. The number of hydrogen-bond donors (Lipinski definition) is 2. The van der Waals surface area contributed by atoms with Gasteiger partial charge in [0.25, 0.3) is 5.91 Å².